The molecule has 1 aromatic rings. The zero-order chi connectivity index (χ0) is 14.1. The largest absolute Gasteiger partial charge is 0.423 e. The van der Waals surface area contributed by atoms with Crippen LogP contribution in [0.15, 0.2) is 5.03 Å². The van der Waals surface area contributed by atoms with Crippen LogP contribution in [-0.4, -0.2) is 37.7 Å². The second-order valence-corrected chi connectivity index (χ2v) is 9.88. The van der Waals surface area contributed by atoms with Gasteiger partial charge in [-0.25, -0.2) is 8.42 Å². The van der Waals surface area contributed by atoms with Crippen molar-refractivity contribution in [3.05, 3.63) is 5.02 Å². The maximum Gasteiger partial charge on any atom is 0.258 e. The molecule has 104 valence electrons. The van der Waals surface area contributed by atoms with Crippen LogP contribution in [0.4, 0.5) is 0 Å². The molecule has 0 aliphatic rings. The predicted octanol–water partition coefficient (Wildman–Crippen LogP) is 1.83. The van der Waals surface area contributed by atoms with E-state index in [1.165, 1.54) is 7.05 Å². The van der Waals surface area contributed by atoms with Gasteiger partial charge in [0.1, 0.15) is 5.02 Å². The Hall–Kier alpha value is -0.140. The smallest absolute Gasteiger partial charge is 0.258 e. The Morgan fingerprint density at radius 1 is 1.56 bits per heavy atom. The van der Waals surface area contributed by atoms with Gasteiger partial charge < -0.3 is 9.05 Å². The summed E-state index contributed by atoms with van der Waals surface area (Å²) in [5, 5.41) is 3.73. The molecule has 18 heavy (non-hydrogen) atoms. The van der Waals surface area contributed by atoms with E-state index in [0.717, 1.165) is 10.9 Å². The highest BCUT2D eigenvalue weighted by Gasteiger charge is 2.26. The standard InChI is InChI=1S/C8H14ClN2O4PS2/c1-5-14-16(3,17)15-7-6(9)8(11(2)10-7)18(4,12)13/h5H2,1-4H3. The van der Waals surface area contributed by atoms with Crippen molar-refractivity contribution < 1.29 is 17.5 Å². The van der Waals surface area contributed by atoms with Gasteiger partial charge >= 0.3 is 0 Å². The molecule has 0 aromatic carbocycles. The van der Waals surface area contributed by atoms with E-state index in [9.17, 15) is 8.42 Å². The van der Waals surface area contributed by atoms with E-state index in [0.29, 0.717) is 6.61 Å². The number of aromatic nitrogens is 2. The lowest BCUT2D eigenvalue weighted by molar-refractivity contribution is 0.332. The Morgan fingerprint density at radius 2 is 2.11 bits per heavy atom. The number of hydrogen-bond donors (Lipinski definition) is 0. The van der Waals surface area contributed by atoms with Crippen molar-refractivity contribution in [2.75, 3.05) is 19.5 Å². The summed E-state index contributed by atoms with van der Waals surface area (Å²) in [4.78, 5) is 0. The fourth-order valence-corrected chi connectivity index (χ4v) is 4.44. The SMILES string of the molecule is CCOP(C)(=S)Oc1nn(C)c(S(C)(=O)=O)c1Cl. The van der Waals surface area contributed by atoms with Crippen LogP contribution in [0.2, 0.25) is 5.02 Å². The first-order valence-electron chi connectivity index (χ1n) is 4.92. The fraction of sp³-hybridized carbons (Fsp3) is 0.625. The average Bonchev–Trinajstić information content (AvgIpc) is 2.39. The highest BCUT2D eigenvalue weighted by molar-refractivity contribution is 8.09. The van der Waals surface area contributed by atoms with Crippen LogP contribution < -0.4 is 4.52 Å². The van der Waals surface area contributed by atoms with Crippen molar-refractivity contribution >= 4 is 39.7 Å². The van der Waals surface area contributed by atoms with Crippen LogP contribution in [0.3, 0.4) is 0 Å². The summed E-state index contributed by atoms with van der Waals surface area (Å²) in [7, 11) is -2.02. The van der Waals surface area contributed by atoms with Gasteiger partial charge in [0.2, 0.25) is 6.49 Å². The van der Waals surface area contributed by atoms with E-state index in [1.807, 2.05) is 0 Å². The highest BCUT2D eigenvalue weighted by atomic mass is 35.5. The summed E-state index contributed by atoms with van der Waals surface area (Å²) in [6, 6.07) is 0. The number of halogens is 1. The molecular weight excluding hydrogens is 319 g/mol. The summed E-state index contributed by atoms with van der Waals surface area (Å²) in [6.07, 6.45) is 1.05. The molecule has 1 aromatic heterocycles. The molecule has 10 heteroatoms. The normalized spacial score (nSPS) is 15.4. The highest BCUT2D eigenvalue weighted by Crippen LogP contribution is 2.46. The van der Waals surface area contributed by atoms with Crippen LogP contribution in [0.25, 0.3) is 0 Å². The molecular formula is C8H14ClN2O4PS2. The summed E-state index contributed by atoms with van der Waals surface area (Å²) < 4.78 is 34.9. The molecule has 1 heterocycles. The summed E-state index contributed by atoms with van der Waals surface area (Å²) in [5.74, 6) is -0.0149. The number of sulfone groups is 1. The molecule has 0 spiro atoms. The van der Waals surface area contributed by atoms with Gasteiger partial charge in [-0.15, -0.1) is 5.10 Å². The average molecular weight is 333 g/mol. The van der Waals surface area contributed by atoms with Crippen LogP contribution in [0.5, 0.6) is 5.88 Å². The Bertz CT molecular complexity index is 598. The maximum atomic E-state index is 11.5. The second kappa shape index (κ2) is 5.46. The molecule has 0 saturated heterocycles. The topological polar surface area (TPSA) is 70.4 Å². The van der Waals surface area contributed by atoms with Gasteiger partial charge in [0, 0.05) is 20.0 Å². The van der Waals surface area contributed by atoms with E-state index in [2.05, 4.69) is 5.10 Å². The van der Waals surface area contributed by atoms with E-state index >= 15 is 0 Å². The van der Waals surface area contributed by atoms with Crippen LogP contribution in [0, 0.1) is 0 Å². The number of aryl methyl sites for hydroxylation is 1. The first kappa shape index (κ1) is 15.9. The first-order chi connectivity index (χ1) is 8.08. The Labute approximate surface area is 116 Å². The van der Waals surface area contributed by atoms with E-state index in [1.54, 1.807) is 13.6 Å². The lowest BCUT2D eigenvalue weighted by Crippen LogP contribution is -2.05. The maximum absolute atomic E-state index is 11.5. The molecule has 0 amide bonds. The third-order valence-electron chi connectivity index (χ3n) is 1.88. The minimum absolute atomic E-state index is 0.0149. The van der Waals surface area contributed by atoms with Crippen LogP contribution in [0.1, 0.15) is 6.92 Å². The lowest BCUT2D eigenvalue weighted by atomic mass is 10.7. The molecule has 0 radical (unpaired) electrons. The van der Waals surface area contributed by atoms with Gasteiger partial charge in [0.15, 0.2) is 14.9 Å². The second-order valence-electron chi connectivity index (χ2n) is 3.60. The quantitative estimate of drug-likeness (QED) is 0.766. The van der Waals surface area contributed by atoms with Gasteiger partial charge in [-0.2, -0.15) is 0 Å². The van der Waals surface area contributed by atoms with Gasteiger partial charge in [0.05, 0.1) is 6.61 Å². The van der Waals surface area contributed by atoms with Gasteiger partial charge in [-0.05, 0) is 18.7 Å². The number of hydrogen-bond acceptors (Lipinski definition) is 6. The fourth-order valence-electron chi connectivity index (χ4n) is 1.34. The summed E-state index contributed by atoms with van der Waals surface area (Å²) in [6.45, 7) is 1.29. The molecule has 0 fully saturated rings. The molecule has 6 nitrogen and oxygen atoms in total. The van der Waals surface area contributed by atoms with Crippen LogP contribution >= 0.6 is 18.1 Å². The summed E-state index contributed by atoms with van der Waals surface area (Å²) >= 11 is 11.1. The van der Waals surface area contributed by atoms with E-state index in [4.69, 9.17) is 32.5 Å². The molecule has 0 saturated carbocycles. The zero-order valence-corrected chi connectivity index (χ0v) is 13.7. The van der Waals surface area contributed by atoms with Gasteiger partial charge in [-0.1, -0.05) is 11.6 Å². The minimum Gasteiger partial charge on any atom is -0.423 e. The minimum atomic E-state index is -3.49. The Morgan fingerprint density at radius 3 is 2.50 bits per heavy atom. The van der Waals surface area contributed by atoms with Gasteiger partial charge in [-0.3, -0.25) is 4.68 Å². The number of rotatable bonds is 5. The molecule has 1 atom stereocenters. The Kier molecular flexibility index (Phi) is 4.83. The predicted molar refractivity (Wildman–Crippen MR) is 73.8 cm³/mol. The van der Waals surface area contributed by atoms with Gasteiger partial charge in [0.25, 0.3) is 5.88 Å². The van der Waals surface area contributed by atoms with Crippen molar-refractivity contribution in [1.82, 2.24) is 9.78 Å². The van der Waals surface area contributed by atoms with Crippen molar-refractivity contribution in [2.24, 2.45) is 7.05 Å². The first-order valence-corrected chi connectivity index (χ1v) is 10.3. The molecule has 0 aliphatic carbocycles. The third-order valence-corrected chi connectivity index (χ3v) is 5.27. The van der Waals surface area contributed by atoms with Crippen LogP contribution in [-0.2, 0) is 33.2 Å². The van der Waals surface area contributed by atoms with Crippen molar-refractivity contribution in [3.8, 4) is 5.88 Å². The van der Waals surface area contributed by atoms with Crippen molar-refractivity contribution in [3.63, 3.8) is 0 Å². The zero-order valence-electron chi connectivity index (χ0n) is 10.4. The third kappa shape index (κ3) is 3.68. The van der Waals surface area contributed by atoms with E-state index < -0.39 is 16.3 Å². The molecule has 1 unspecified atom stereocenters. The molecule has 1 rings (SSSR count). The molecule has 0 N–H and O–H groups in total. The van der Waals surface area contributed by atoms with Crippen molar-refractivity contribution in [1.29, 1.82) is 0 Å². The molecule has 0 aliphatic heterocycles. The van der Waals surface area contributed by atoms with E-state index in [-0.39, 0.29) is 15.9 Å². The Balaban J connectivity index is 3.19. The molecule has 0 bridgehead atoms. The number of nitrogens with zero attached hydrogens (tertiary/aromatic N) is 2. The van der Waals surface area contributed by atoms with Crippen molar-refractivity contribution in [2.45, 2.75) is 11.9 Å². The lowest BCUT2D eigenvalue weighted by Gasteiger charge is -2.15. The summed E-state index contributed by atoms with van der Waals surface area (Å²) in [5.41, 5.74) is 0. The monoisotopic (exact) mass is 332 g/mol.